The number of amides is 2. The minimum atomic E-state index is -0.147. The van der Waals surface area contributed by atoms with Gasteiger partial charge in [-0.15, -0.1) is 0 Å². The van der Waals surface area contributed by atoms with Crippen molar-refractivity contribution in [3.05, 3.63) is 59.2 Å². The fourth-order valence-electron chi connectivity index (χ4n) is 5.29. The van der Waals surface area contributed by atoms with Crippen molar-refractivity contribution < 1.29 is 14.3 Å². The fraction of sp³-hybridized carbons (Fsp3) is 0.500. The summed E-state index contributed by atoms with van der Waals surface area (Å²) in [6, 6.07) is 15.1. The summed E-state index contributed by atoms with van der Waals surface area (Å²) in [6.45, 7) is 3.72. The van der Waals surface area contributed by atoms with E-state index in [0.717, 1.165) is 42.4 Å². The van der Waals surface area contributed by atoms with Gasteiger partial charge in [0.05, 0.1) is 20.3 Å². The van der Waals surface area contributed by atoms with Crippen LogP contribution in [0.15, 0.2) is 42.5 Å². The molecule has 1 aliphatic carbocycles. The Bertz CT molecular complexity index is 960. The lowest BCUT2D eigenvalue weighted by Crippen LogP contribution is -2.47. The van der Waals surface area contributed by atoms with Crippen LogP contribution in [0.2, 0.25) is 0 Å². The van der Waals surface area contributed by atoms with Gasteiger partial charge in [-0.1, -0.05) is 30.3 Å². The van der Waals surface area contributed by atoms with Crippen molar-refractivity contribution in [2.45, 2.75) is 37.8 Å². The number of methoxy groups -OCH3 is 2. The molecule has 32 heavy (non-hydrogen) atoms. The summed E-state index contributed by atoms with van der Waals surface area (Å²) in [5.41, 5.74) is 3.42. The molecule has 0 aromatic heterocycles. The van der Waals surface area contributed by atoms with Crippen molar-refractivity contribution >= 4 is 6.03 Å². The minimum Gasteiger partial charge on any atom is -0.493 e. The van der Waals surface area contributed by atoms with Crippen LogP contribution < -0.4 is 14.8 Å². The van der Waals surface area contributed by atoms with Crippen LogP contribution in [0.25, 0.3) is 0 Å². The number of rotatable bonds is 6. The van der Waals surface area contributed by atoms with Crippen LogP contribution >= 0.6 is 0 Å². The molecule has 1 saturated heterocycles. The van der Waals surface area contributed by atoms with Gasteiger partial charge in [-0.05, 0) is 67.0 Å². The molecule has 6 heteroatoms. The van der Waals surface area contributed by atoms with E-state index in [1.165, 1.54) is 31.4 Å². The van der Waals surface area contributed by atoms with Gasteiger partial charge in [0.25, 0.3) is 0 Å². The number of likely N-dealkylation sites (tertiary alicyclic amines) is 1. The Morgan fingerprint density at radius 3 is 2.50 bits per heavy atom. The van der Waals surface area contributed by atoms with Crippen molar-refractivity contribution in [2.75, 3.05) is 40.4 Å². The summed E-state index contributed by atoms with van der Waals surface area (Å²) in [5, 5.41) is 3.26. The van der Waals surface area contributed by atoms with Crippen molar-refractivity contribution in [2.24, 2.45) is 5.92 Å². The predicted molar refractivity (Wildman–Crippen MR) is 124 cm³/mol. The molecule has 2 amide bonds. The third-order valence-electron chi connectivity index (χ3n) is 7.17. The molecule has 170 valence electrons. The summed E-state index contributed by atoms with van der Waals surface area (Å²) in [5.74, 6) is 1.98. The average molecular weight is 436 g/mol. The Labute approximate surface area is 190 Å². The number of urea groups is 1. The maximum absolute atomic E-state index is 13.4. The van der Waals surface area contributed by atoms with E-state index in [1.54, 1.807) is 14.2 Å². The van der Waals surface area contributed by atoms with Gasteiger partial charge in [-0.2, -0.15) is 0 Å². The van der Waals surface area contributed by atoms with E-state index >= 15 is 0 Å². The van der Waals surface area contributed by atoms with E-state index < -0.39 is 0 Å². The van der Waals surface area contributed by atoms with Crippen molar-refractivity contribution in [3.63, 3.8) is 0 Å². The Balaban J connectivity index is 1.37. The van der Waals surface area contributed by atoms with Crippen LogP contribution in [0, 0.1) is 5.92 Å². The molecule has 2 atom stereocenters. The second-order valence-corrected chi connectivity index (χ2v) is 9.23. The number of nitrogens with zero attached hydrogens (tertiary/aromatic N) is 2. The Morgan fingerprint density at radius 1 is 1.03 bits per heavy atom. The molecule has 2 heterocycles. The third kappa shape index (κ3) is 4.16. The van der Waals surface area contributed by atoms with E-state index in [4.69, 9.17) is 9.47 Å². The fourth-order valence-corrected chi connectivity index (χ4v) is 5.29. The van der Waals surface area contributed by atoms with E-state index in [-0.39, 0.29) is 12.1 Å². The van der Waals surface area contributed by atoms with Crippen LogP contribution in [0.5, 0.6) is 11.5 Å². The monoisotopic (exact) mass is 435 g/mol. The van der Waals surface area contributed by atoms with E-state index in [2.05, 4.69) is 28.4 Å². The van der Waals surface area contributed by atoms with Crippen LogP contribution in [0.1, 0.15) is 42.0 Å². The summed E-state index contributed by atoms with van der Waals surface area (Å²) in [4.78, 5) is 18.0. The normalized spacial score (nSPS) is 23.0. The maximum atomic E-state index is 13.4. The first kappa shape index (κ1) is 21.1. The second-order valence-electron chi connectivity index (χ2n) is 9.23. The number of hydrogen-bond donors (Lipinski definition) is 1. The summed E-state index contributed by atoms with van der Waals surface area (Å²) in [7, 11) is 3.32. The molecule has 2 aromatic rings. The lowest BCUT2D eigenvalue weighted by atomic mass is 9.88. The van der Waals surface area contributed by atoms with Crippen molar-refractivity contribution in [1.82, 2.24) is 15.1 Å². The highest BCUT2D eigenvalue weighted by Crippen LogP contribution is 2.41. The van der Waals surface area contributed by atoms with E-state index in [0.29, 0.717) is 18.2 Å². The standard InChI is InChI=1S/C26H33N3O3/c1-31-23-14-20-11-13-29(26(30)27-16-18-10-12-28(17-18)21-8-9-21)25(19-6-4-3-5-7-19)22(20)15-24(23)32-2/h3-7,14-15,18,21,25H,8-13,16-17H2,1-2H3,(H,27,30). The molecule has 0 bridgehead atoms. The van der Waals surface area contributed by atoms with E-state index in [1.807, 2.05) is 29.2 Å². The van der Waals surface area contributed by atoms with Gasteiger partial charge in [-0.3, -0.25) is 0 Å². The lowest BCUT2D eigenvalue weighted by Gasteiger charge is -2.38. The van der Waals surface area contributed by atoms with Gasteiger partial charge in [0.2, 0.25) is 0 Å². The van der Waals surface area contributed by atoms with Crippen LogP contribution in [0.4, 0.5) is 4.79 Å². The number of ether oxygens (including phenoxy) is 2. The highest BCUT2D eigenvalue weighted by atomic mass is 16.5. The number of benzene rings is 2. The van der Waals surface area contributed by atoms with Gasteiger partial charge in [0, 0.05) is 25.7 Å². The predicted octanol–water partition coefficient (Wildman–Crippen LogP) is 3.85. The molecule has 2 fully saturated rings. The summed E-state index contributed by atoms with van der Waals surface area (Å²) >= 11 is 0. The molecule has 2 aromatic carbocycles. The van der Waals surface area contributed by atoms with Gasteiger partial charge < -0.3 is 24.6 Å². The average Bonchev–Trinajstić information content (AvgIpc) is 3.59. The quantitative estimate of drug-likeness (QED) is 0.749. The first-order valence-corrected chi connectivity index (χ1v) is 11.8. The SMILES string of the molecule is COc1cc2c(cc1OC)C(c1ccccc1)N(C(=O)NCC1CCN(C3CC3)C1)CC2. The third-order valence-corrected chi connectivity index (χ3v) is 7.17. The van der Waals surface area contributed by atoms with Crippen molar-refractivity contribution in [3.8, 4) is 11.5 Å². The lowest BCUT2D eigenvalue weighted by molar-refractivity contribution is 0.178. The largest absolute Gasteiger partial charge is 0.493 e. The van der Waals surface area contributed by atoms with E-state index in [9.17, 15) is 4.79 Å². The minimum absolute atomic E-state index is 0.0177. The first-order chi connectivity index (χ1) is 15.7. The highest BCUT2D eigenvalue weighted by molar-refractivity contribution is 5.76. The summed E-state index contributed by atoms with van der Waals surface area (Å²) < 4.78 is 11.1. The molecule has 2 aliphatic heterocycles. The molecule has 6 nitrogen and oxygen atoms in total. The molecule has 0 spiro atoms. The van der Waals surface area contributed by atoms with Gasteiger partial charge in [0.1, 0.15) is 0 Å². The molecule has 1 N–H and O–H groups in total. The van der Waals surface area contributed by atoms with Crippen molar-refractivity contribution in [1.29, 1.82) is 0 Å². The first-order valence-electron chi connectivity index (χ1n) is 11.8. The van der Waals surface area contributed by atoms with Crippen LogP contribution in [-0.2, 0) is 6.42 Å². The molecule has 5 rings (SSSR count). The Hall–Kier alpha value is -2.73. The summed E-state index contributed by atoms with van der Waals surface area (Å²) in [6.07, 6.45) is 4.67. The zero-order chi connectivity index (χ0) is 22.1. The van der Waals surface area contributed by atoms with Crippen LogP contribution in [-0.4, -0.2) is 62.3 Å². The molecular weight excluding hydrogens is 402 g/mol. The van der Waals surface area contributed by atoms with Crippen LogP contribution in [0.3, 0.4) is 0 Å². The molecule has 3 aliphatic rings. The number of fused-ring (bicyclic) bond motifs is 1. The Morgan fingerprint density at radius 2 is 1.78 bits per heavy atom. The zero-order valence-electron chi connectivity index (χ0n) is 19.0. The molecule has 1 saturated carbocycles. The maximum Gasteiger partial charge on any atom is 0.318 e. The topological polar surface area (TPSA) is 54.0 Å². The number of hydrogen-bond acceptors (Lipinski definition) is 4. The Kier molecular flexibility index (Phi) is 5.96. The zero-order valence-corrected chi connectivity index (χ0v) is 19.0. The second kappa shape index (κ2) is 9.02. The molecular formula is C26H33N3O3. The smallest absolute Gasteiger partial charge is 0.318 e. The number of nitrogens with one attached hydrogen (secondary N) is 1. The number of carbonyl (C=O) groups excluding carboxylic acids is 1. The number of carbonyl (C=O) groups is 1. The molecule has 2 unspecified atom stereocenters. The highest BCUT2D eigenvalue weighted by Gasteiger charge is 2.36. The van der Waals surface area contributed by atoms with Gasteiger partial charge in [-0.25, -0.2) is 4.79 Å². The molecule has 0 radical (unpaired) electrons. The van der Waals surface area contributed by atoms with Gasteiger partial charge in [0.15, 0.2) is 11.5 Å². The van der Waals surface area contributed by atoms with Gasteiger partial charge >= 0.3 is 6.03 Å².